The lowest BCUT2D eigenvalue weighted by molar-refractivity contribution is -0.156. The van der Waals surface area contributed by atoms with Gasteiger partial charge in [-0.25, -0.2) is 4.79 Å². The number of β-lactam (4-membered cyclic amide) rings is 1. The van der Waals surface area contributed by atoms with Crippen molar-refractivity contribution >= 4 is 39.2 Å². The molecule has 1 aromatic heterocycles. The van der Waals surface area contributed by atoms with Crippen LogP contribution in [0.15, 0.2) is 17.5 Å². The fourth-order valence-corrected chi connectivity index (χ4v) is 3.48. The average Bonchev–Trinajstić information content (AvgIpc) is 2.87. The Hall–Kier alpha value is -1.98. The molecule has 1 fully saturated rings. The molecule has 1 saturated heterocycles. The van der Waals surface area contributed by atoms with Crippen molar-refractivity contribution in [2.24, 2.45) is 0 Å². The molecule has 2 heterocycles. The van der Waals surface area contributed by atoms with E-state index < -0.39 is 39.3 Å². The highest BCUT2D eigenvalue weighted by Gasteiger charge is 2.49. The Bertz CT molecular complexity index is 698. The predicted molar refractivity (Wildman–Crippen MR) is 74.6 cm³/mol. The van der Waals surface area contributed by atoms with Crippen molar-refractivity contribution in [2.45, 2.75) is 17.8 Å². The molecule has 2 atom stereocenters. The van der Waals surface area contributed by atoms with E-state index in [0.717, 1.165) is 4.88 Å². The lowest BCUT2D eigenvalue weighted by Crippen LogP contribution is -2.69. The van der Waals surface area contributed by atoms with Crippen LogP contribution in [0.4, 0.5) is 0 Å². The molecule has 1 aliphatic rings. The molecule has 0 bridgehead atoms. The molecule has 0 radical (unpaired) electrons. The molecular formula is C11H12N2O7S2. The van der Waals surface area contributed by atoms with E-state index in [1.807, 2.05) is 0 Å². The summed E-state index contributed by atoms with van der Waals surface area (Å²) in [6.45, 7) is -0.300. The van der Waals surface area contributed by atoms with Crippen LogP contribution in [-0.2, 0) is 30.9 Å². The number of thiophene rings is 1. The zero-order valence-electron chi connectivity index (χ0n) is 11.0. The average molecular weight is 348 g/mol. The Morgan fingerprint density at radius 1 is 1.50 bits per heavy atom. The van der Waals surface area contributed by atoms with Crippen LogP contribution in [0.25, 0.3) is 0 Å². The van der Waals surface area contributed by atoms with Gasteiger partial charge in [-0.05, 0) is 11.4 Å². The molecule has 2 unspecified atom stereocenters. The van der Waals surface area contributed by atoms with Crippen LogP contribution in [0.3, 0.4) is 0 Å². The number of amides is 2. The van der Waals surface area contributed by atoms with Crippen LogP contribution in [-0.4, -0.2) is 58.7 Å². The lowest BCUT2D eigenvalue weighted by Gasteiger charge is -2.40. The summed E-state index contributed by atoms with van der Waals surface area (Å²) >= 11 is 1.37. The lowest BCUT2D eigenvalue weighted by atomic mass is 10.1. The van der Waals surface area contributed by atoms with Gasteiger partial charge in [-0.15, -0.1) is 11.3 Å². The normalized spacial score (nSPS) is 19.4. The first-order valence-corrected chi connectivity index (χ1v) is 8.40. The molecule has 9 nitrogen and oxygen atoms in total. The largest absolute Gasteiger partial charge is 0.479 e. The zero-order chi connectivity index (χ0) is 16.5. The number of carboxylic acid groups (broad SMARTS) is 1. The molecule has 3 N–H and O–H groups in total. The monoisotopic (exact) mass is 348 g/mol. The SMILES string of the molecule is O=C(Cc1cccs1)NC1CN(C(C(=O)O)S(=O)(=O)O)C1=O. The van der Waals surface area contributed by atoms with Gasteiger partial charge in [0.2, 0.25) is 11.8 Å². The summed E-state index contributed by atoms with van der Waals surface area (Å²) in [5.74, 6) is -3.16. The first-order chi connectivity index (χ1) is 10.2. The first-order valence-electron chi connectivity index (χ1n) is 6.01. The van der Waals surface area contributed by atoms with Gasteiger partial charge in [0.05, 0.1) is 13.0 Å². The number of hydrogen-bond donors (Lipinski definition) is 3. The van der Waals surface area contributed by atoms with Crippen molar-refractivity contribution in [3.05, 3.63) is 22.4 Å². The molecule has 1 aliphatic heterocycles. The number of hydrogen-bond acceptors (Lipinski definition) is 6. The van der Waals surface area contributed by atoms with Gasteiger partial charge < -0.3 is 15.3 Å². The maximum Gasteiger partial charge on any atom is 0.345 e. The van der Waals surface area contributed by atoms with E-state index in [2.05, 4.69) is 5.32 Å². The van der Waals surface area contributed by atoms with Crippen LogP contribution >= 0.6 is 11.3 Å². The summed E-state index contributed by atoms with van der Waals surface area (Å²) in [6, 6.07) is 2.53. The van der Waals surface area contributed by atoms with Gasteiger partial charge >= 0.3 is 5.97 Å². The van der Waals surface area contributed by atoms with Crippen LogP contribution in [0.2, 0.25) is 0 Å². The van der Waals surface area contributed by atoms with Crippen LogP contribution in [0.1, 0.15) is 4.88 Å². The van der Waals surface area contributed by atoms with E-state index in [0.29, 0.717) is 4.90 Å². The van der Waals surface area contributed by atoms with Crippen molar-refractivity contribution in [2.75, 3.05) is 6.54 Å². The second kappa shape index (κ2) is 6.02. The highest BCUT2D eigenvalue weighted by Crippen LogP contribution is 2.19. The fraction of sp³-hybridized carbons (Fsp3) is 0.364. The quantitative estimate of drug-likeness (QED) is 0.438. The van der Waals surface area contributed by atoms with Crippen molar-refractivity contribution in [3.8, 4) is 0 Å². The van der Waals surface area contributed by atoms with E-state index in [1.54, 1.807) is 17.5 Å². The minimum Gasteiger partial charge on any atom is -0.479 e. The minimum atomic E-state index is -4.96. The second-order valence-corrected chi connectivity index (χ2v) is 7.08. The van der Waals surface area contributed by atoms with E-state index in [1.165, 1.54) is 11.3 Å². The minimum absolute atomic E-state index is 0.0715. The summed E-state index contributed by atoms with van der Waals surface area (Å²) in [7, 11) is -4.96. The van der Waals surface area contributed by atoms with Gasteiger partial charge in [0.15, 0.2) is 0 Å². The summed E-state index contributed by atoms with van der Waals surface area (Å²) < 4.78 is 30.8. The molecule has 0 spiro atoms. The van der Waals surface area contributed by atoms with Gasteiger partial charge in [-0.3, -0.25) is 14.1 Å². The van der Waals surface area contributed by atoms with E-state index in [4.69, 9.17) is 9.66 Å². The Labute approximate surface area is 129 Å². The third kappa shape index (κ3) is 3.43. The molecule has 22 heavy (non-hydrogen) atoms. The summed E-state index contributed by atoms with van der Waals surface area (Å²) in [5, 5.41) is 10.6. The van der Waals surface area contributed by atoms with Gasteiger partial charge in [0, 0.05) is 4.88 Å². The third-order valence-corrected chi connectivity index (χ3v) is 4.88. The molecule has 0 aromatic carbocycles. The fourth-order valence-electron chi connectivity index (χ4n) is 2.01. The second-order valence-electron chi connectivity index (χ2n) is 4.57. The highest BCUT2D eigenvalue weighted by atomic mass is 32.2. The van der Waals surface area contributed by atoms with E-state index in [-0.39, 0.29) is 13.0 Å². The van der Waals surface area contributed by atoms with Crippen LogP contribution in [0.5, 0.6) is 0 Å². The molecule has 0 saturated carbocycles. The summed E-state index contributed by atoms with van der Waals surface area (Å²) in [5.41, 5.74) is 0. The number of carbonyl (C=O) groups is 3. The molecule has 11 heteroatoms. The number of carboxylic acids is 1. The van der Waals surface area contributed by atoms with Crippen LogP contribution in [0, 0.1) is 0 Å². The van der Waals surface area contributed by atoms with Gasteiger partial charge in [0.25, 0.3) is 15.5 Å². The number of likely N-dealkylation sites (tertiary alicyclic amines) is 1. The molecule has 1 aromatic rings. The van der Waals surface area contributed by atoms with Crippen molar-refractivity contribution in [1.82, 2.24) is 10.2 Å². The number of nitrogens with zero attached hydrogens (tertiary/aromatic N) is 1. The van der Waals surface area contributed by atoms with Gasteiger partial charge in [-0.2, -0.15) is 8.42 Å². The van der Waals surface area contributed by atoms with Gasteiger partial charge in [0.1, 0.15) is 6.04 Å². The van der Waals surface area contributed by atoms with Crippen molar-refractivity contribution in [1.29, 1.82) is 0 Å². The standard InChI is InChI=1S/C11H12N2O7S2/c14-8(4-6-2-1-3-21-6)12-7-5-13(9(7)15)10(11(16)17)22(18,19)20/h1-3,7,10H,4-5H2,(H,12,14)(H,16,17)(H,18,19,20). The molecule has 120 valence electrons. The topological polar surface area (TPSA) is 141 Å². The first kappa shape index (κ1) is 16.4. The number of carbonyl (C=O) groups excluding carboxylic acids is 2. The summed E-state index contributed by atoms with van der Waals surface area (Å²) in [6.07, 6.45) is 0.0715. The summed E-state index contributed by atoms with van der Waals surface area (Å²) in [4.78, 5) is 35.6. The number of rotatable bonds is 6. The Balaban J connectivity index is 1.95. The molecule has 2 rings (SSSR count). The Morgan fingerprint density at radius 3 is 2.64 bits per heavy atom. The van der Waals surface area contributed by atoms with Crippen LogP contribution < -0.4 is 5.32 Å². The highest BCUT2D eigenvalue weighted by molar-refractivity contribution is 7.87. The smallest absolute Gasteiger partial charge is 0.345 e. The number of nitrogens with one attached hydrogen (secondary N) is 1. The maximum atomic E-state index is 11.8. The van der Waals surface area contributed by atoms with E-state index in [9.17, 15) is 22.8 Å². The Morgan fingerprint density at radius 2 is 2.18 bits per heavy atom. The third-order valence-electron chi connectivity index (χ3n) is 2.99. The Kier molecular flexibility index (Phi) is 4.49. The van der Waals surface area contributed by atoms with Gasteiger partial charge in [-0.1, -0.05) is 6.07 Å². The van der Waals surface area contributed by atoms with Crippen molar-refractivity contribution in [3.63, 3.8) is 0 Å². The number of aliphatic carboxylic acids is 1. The van der Waals surface area contributed by atoms with Crippen molar-refractivity contribution < 1.29 is 32.5 Å². The molecule has 0 aliphatic carbocycles. The molecule has 2 amide bonds. The zero-order valence-corrected chi connectivity index (χ0v) is 12.6. The van der Waals surface area contributed by atoms with E-state index >= 15 is 0 Å². The predicted octanol–water partition coefficient (Wildman–Crippen LogP) is -1.08. The maximum absolute atomic E-state index is 11.8. The molecular weight excluding hydrogens is 336 g/mol.